The Morgan fingerprint density at radius 3 is 2.66 bits per heavy atom. The quantitative estimate of drug-likeness (QED) is 0.283. The number of fused-ring (bicyclic) bond motifs is 1. The Labute approximate surface area is 190 Å². The molecule has 0 fully saturated rings. The lowest BCUT2D eigenvalue weighted by atomic mass is 10.1. The van der Waals surface area contributed by atoms with Crippen molar-refractivity contribution in [1.29, 1.82) is 0 Å². The Bertz CT molecular complexity index is 1270. The number of benzene rings is 2. The van der Waals surface area contributed by atoms with Gasteiger partial charge >= 0.3 is 0 Å². The third-order valence-electron chi connectivity index (χ3n) is 5.00. The van der Waals surface area contributed by atoms with E-state index in [4.69, 9.17) is 17.3 Å². The number of hydrogen-bond acceptors (Lipinski definition) is 6. The molecule has 164 valence electrons. The second-order valence-corrected chi connectivity index (χ2v) is 7.89. The van der Waals surface area contributed by atoms with E-state index in [1.165, 1.54) is 0 Å². The Morgan fingerprint density at radius 1 is 1.16 bits per heavy atom. The highest BCUT2D eigenvalue weighted by Gasteiger charge is 2.13. The number of aryl methyl sites for hydroxylation is 1. The Hall–Kier alpha value is -3.65. The predicted molar refractivity (Wildman–Crippen MR) is 128 cm³/mol. The summed E-state index contributed by atoms with van der Waals surface area (Å²) in [5, 5.41) is 6.26. The van der Waals surface area contributed by atoms with Gasteiger partial charge in [0.1, 0.15) is 0 Å². The number of nitrogens with one attached hydrogen (secondary N) is 2. The highest BCUT2D eigenvalue weighted by Crippen LogP contribution is 2.23. The van der Waals surface area contributed by atoms with Gasteiger partial charge < -0.3 is 20.9 Å². The van der Waals surface area contributed by atoms with Crippen molar-refractivity contribution in [3.8, 4) is 0 Å². The summed E-state index contributed by atoms with van der Waals surface area (Å²) in [6.45, 7) is 5.33. The van der Waals surface area contributed by atoms with Gasteiger partial charge in [-0.05, 0) is 60.3 Å². The fourth-order valence-corrected chi connectivity index (χ4v) is 3.51. The van der Waals surface area contributed by atoms with Crippen LogP contribution in [0.3, 0.4) is 0 Å². The maximum Gasteiger partial charge on any atom is 0.255 e. The topological polar surface area (TPSA) is 111 Å². The van der Waals surface area contributed by atoms with Crippen molar-refractivity contribution in [2.24, 2.45) is 0 Å². The smallest absolute Gasteiger partial charge is 0.255 e. The van der Waals surface area contributed by atoms with Crippen LogP contribution >= 0.6 is 11.6 Å². The normalized spacial score (nSPS) is 11.0. The zero-order valence-corrected chi connectivity index (χ0v) is 18.6. The van der Waals surface area contributed by atoms with Crippen molar-refractivity contribution in [2.75, 3.05) is 22.9 Å². The number of hydrogen-bond donors (Lipinski definition) is 3. The van der Waals surface area contributed by atoms with E-state index in [1.807, 2.05) is 35.8 Å². The van der Waals surface area contributed by atoms with Crippen molar-refractivity contribution in [1.82, 2.24) is 19.5 Å². The van der Waals surface area contributed by atoms with Gasteiger partial charge in [-0.25, -0.2) is 4.98 Å². The summed E-state index contributed by atoms with van der Waals surface area (Å²) in [6, 6.07) is 12.9. The molecule has 2 heterocycles. The molecule has 4 aromatic rings. The third-order valence-corrected chi connectivity index (χ3v) is 5.17. The molecule has 0 aliphatic heterocycles. The number of rotatable bonds is 7. The molecular formula is C23H24ClN7O. The van der Waals surface area contributed by atoms with Crippen LogP contribution in [0.1, 0.15) is 34.8 Å². The van der Waals surface area contributed by atoms with E-state index in [2.05, 4.69) is 32.5 Å². The lowest BCUT2D eigenvalue weighted by Gasteiger charge is -2.10. The van der Waals surface area contributed by atoms with Crippen LogP contribution in [-0.4, -0.2) is 32.0 Å². The molecule has 0 aliphatic carbocycles. The minimum Gasteiger partial charge on any atom is -0.397 e. The molecule has 0 saturated carbocycles. The number of aromatic nitrogens is 4. The Morgan fingerprint density at radius 2 is 1.94 bits per heavy atom. The van der Waals surface area contributed by atoms with E-state index in [1.54, 1.807) is 24.5 Å². The van der Waals surface area contributed by atoms with Crippen LogP contribution in [0.4, 0.5) is 17.2 Å². The standard InChI is InChI=1S/C23H24ClN7O/c1-3-10-26-20-19-21(30-23(24)29-20)31(13-27-19)12-15-5-7-16(8-6-15)22(32)28-18-9-4-14(2)11-17(18)25/h4-9,11,13H,3,10,12,25H2,1-2H3,(H,28,32)(H,26,29,30). The van der Waals surface area contributed by atoms with Crippen molar-refractivity contribution in [3.05, 3.63) is 70.8 Å². The monoisotopic (exact) mass is 449 g/mol. The first-order valence-electron chi connectivity index (χ1n) is 10.3. The largest absolute Gasteiger partial charge is 0.397 e. The zero-order chi connectivity index (χ0) is 22.7. The van der Waals surface area contributed by atoms with E-state index >= 15 is 0 Å². The molecule has 0 saturated heterocycles. The second kappa shape index (κ2) is 9.23. The van der Waals surface area contributed by atoms with Gasteiger partial charge in [-0.1, -0.05) is 25.1 Å². The summed E-state index contributed by atoms with van der Waals surface area (Å²) in [4.78, 5) is 25.6. The van der Waals surface area contributed by atoms with Crippen LogP contribution in [-0.2, 0) is 6.54 Å². The zero-order valence-electron chi connectivity index (χ0n) is 17.9. The Balaban J connectivity index is 1.51. The van der Waals surface area contributed by atoms with Crippen LogP contribution < -0.4 is 16.4 Å². The van der Waals surface area contributed by atoms with E-state index in [0.29, 0.717) is 40.5 Å². The number of nitrogens with zero attached hydrogens (tertiary/aromatic N) is 4. The van der Waals surface area contributed by atoms with Crippen molar-refractivity contribution in [3.63, 3.8) is 0 Å². The van der Waals surface area contributed by atoms with Crippen LogP contribution in [0.5, 0.6) is 0 Å². The first-order valence-corrected chi connectivity index (χ1v) is 10.7. The molecule has 0 unspecified atom stereocenters. The van der Waals surface area contributed by atoms with Gasteiger partial charge in [0.05, 0.1) is 24.2 Å². The van der Waals surface area contributed by atoms with Gasteiger partial charge in [0, 0.05) is 12.1 Å². The molecule has 9 heteroatoms. The highest BCUT2D eigenvalue weighted by molar-refractivity contribution is 6.28. The second-order valence-electron chi connectivity index (χ2n) is 7.55. The number of nitrogen functional groups attached to an aromatic ring is 1. The summed E-state index contributed by atoms with van der Waals surface area (Å²) in [7, 11) is 0. The van der Waals surface area contributed by atoms with Gasteiger partial charge in [0.2, 0.25) is 5.28 Å². The molecule has 2 aromatic heterocycles. The number of halogens is 1. The SMILES string of the molecule is CCCNc1nc(Cl)nc2c1ncn2Cc1ccc(C(=O)Nc2ccc(C)cc2N)cc1. The molecule has 4 N–H and O–H groups in total. The Kier molecular flexibility index (Phi) is 6.23. The molecule has 0 spiro atoms. The first kappa shape index (κ1) is 21.6. The highest BCUT2D eigenvalue weighted by atomic mass is 35.5. The summed E-state index contributed by atoms with van der Waals surface area (Å²) < 4.78 is 1.90. The third kappa shape index (κ3) is 4.65. The number of anilines is 3. The van der Waals surface area contributed by atoms with Crippen molar-refractivity contribution < 1.29 is 4.79 Å². The maximum absolute atomic E-state index is 12.6. The summed E-state index contributed by atoms with van der Waals surface area (Å²) >= 11 is 6.12. The van der Waals surface area contributed by atoms with Crippen LogP contribution in [0.25, 0.3) is 11.2 Å². The van der Waals surface area contributed by atoms with Crippen LogP contribution in [0, 0.1) is 6.92 Å². The number of carbonyl (C=O) groups excluding carboxylic acids is 1. The molecule has 0 radical (unpaired) electrons. The lowest BCUT2D eigenvalue weighted by Crippen LogP contribution is -2.13. The van der Waals surface area contributed by atoms with Gasteiger partial charge in [-0.2, -0.15) is 9.97 Å². The average molecular weight is 450 g/mol. The number of imidazole rings is 1. The minimum absolute atomic E-state index is 0.167. The van der Waals surface area contributed by atoms with Crippen molar-refractivity contribution in [2.45, 2.75) is 26.8 Å². The molecule has 8 nitrogen and oxygen atoms in total. The summed E-state index contributed by atoms with van der Waals surface area (Å²) in [5.74, 6) is 0.411. The van der Waals surface area contributed by atoms with Gasteiger partial charge in [-0.15, -0.1) is 0 Å². The fraction of sp³-hybridized carbons (Fsp3) is 0.217. The number of amides is 1. The number of carbonyl (C=O) groups is 1. The summed E-state index contributed by atoms with van der Waals surface area (Å²) in [6.07, 6.45) is 2.67. The van der Waals surface area contributed by atoms with Crippen LogP contribution in [0.2, 0.25) is 5.28 Å². The molecule has 32 heavy (non-hydrogen) atoms. The molecule has 1 amide bonds. The molecule has 4 rings (SSSR count). The fourth-order valence-electron chi connectivity index (χ4n) is 3.35. The minimum atomic E-state index is -0.216. The van der Waals surface area contributed by atoms with Gasteiger partial charge in [-0.3, -0.25) is 4.79 Å². The molecule has 0 bridgehead atoms. The van der Waals surface area contributed by atoms with E-state index in [0.717, 1.165) is 24.1 Å². The maximum atomic E-state index is 12.6. The molecule has 0 aliphatic rings. The first-order chi connectivity index (χ1) is 15.4. The van der Waals surface area contributed by atoms with Gasteiger partial charge in [0.25, 0.3) is 5.91 Å². The molecular weight excluding hydrogens is 426 g/mol. The van der Waals surface area contributed by atoms with E-state index in [-0.39, 0.29) is 11.2 Å². The molecule has 2 aromatic carbocycles. The van der Waals surface area contributed by atoms with E-state index in [9.17, 15) is 4.79 Å². The predicted octanol–water partition coefficient (Wildman–Crippen LogP) is 4.49. The summed E-state index contributed by atoms with van der Waals surface area (Å²) in [5.41, 5.74) is 11.0. The van der Waals surface area contributed by atoms with Crippen molar-refractivity contribution >= 4 is 45.9 Å². The molecule has 0 atom stereocenters. The average Bonchev–Trinajstić information content (AvgIpc) is 3.17. The van der Waals surface area contributed by atoms with Crippen LogP contribution in [0.15, 0.2) is 48.8 Å². The van der Waals surface area contributed by atoms with E-state index < -0.39 is 0 Å². The number of nitrogens with two attached hydrogens (primary N) is 1. The van der Waals surface area contributed by atoms with Gasteiger partial charge in [0.15, 0.2) is 17.0 Å². The lowest BCUT2D eigenvalue weighted by molar-refractivity contribution is 0.102.